The molecule has 0 amide bonds. The molecule has 0 saturated heterocycles. The Morgan fingerprint density at radius 1 is 0.971 bits per heavy atom. The van der Waals surface area contributed by atoms with Crippen molar-refractivity contribution in [2.24, 2.45) is 10.4 Å². The number of benzene rings is 3. The Morgan fingerprint density at radius 3 is 2.46 bits per heavy atom. The quantitative estimate of drug-likeness (QED) is 0.438. The molecule has 1 heterocycles. The molecule has 2 aliphatic rings. The van der Waals surface area contributed by atoms with Crippen molar-refractivity contribution < 1.29 is 0 Å². The summed E-state index contributed by atoms with van der Waals surface area (Å²) in [4.78, 5) is 7.23. The number of allylic oxidation sites excluding steroid dienone is 3. The maximum Gasteiger partial charge on any atom is 0.0567 e. The number of nitrogens with zero attached hydrogens (tertiary/aromatic N) is 2. The van der Waals surface area contributed by atoms with Gasteiger partial charge >= 0.3 is 0 Å². The van der Waals surface area contributed by atoms with Crippen molar-refractivity contribution in [1.82, 2.24) is 4.90 Å². The third kappa shape index (κ3) is 4.57. The molecule has 0 fully saturated rings. The highest BCUT2D eigenvalue weighted by atomic mass is 15.1. The molecule has 0 radical (unpaired) electrons. The van der Waals surface area contributed by atoms with E-state index in [-0.39, 0.29) is 5.41 Å². The van der Waals surface area contributed by atoms with Crippen LogP contribution in [0, 0.1) is 5.41 Å². The average Bonchev–Trinajstić information content (AvgIpc) is 2.88. The van der Waals surface area contributed by atoms with Crippen molar-refractivity contribution in [3.8, 4) is 0 Å². The van der Waals surface area contributed by atoms with Crippen LogP contribution in [0.25, 0.3) is 24.0 Å². The molecular weight excluding hydrogens is 424 g/mol. The summed E-state index contributed by atoms with van der Waals surface area (Å²) in [6.45, 7) is 9.48. The van der Waals surface area contributed by atoms with Crippen molar-refractivity contribution in [2.45, 2.75) is 20.3 Å². The number of fused-ring (bicyclic) bond motifs is 1. The topological polar surface area (TPSA) is 15.6 Å². The fourth-order valence-corrected chi connectivity index (χ4v) is 4.90. The first-order chi connectivity index (χ1) is 17.0. The molecule has 0 saturated carbocycles. The zero-order valence-electron chi connectivity index (χ0n) is 20.8. The Kier molecular flexibility index (Phi) is 6.13. The molecule has 174 valence electrons. The Hall–Kier alpha value is -3.91. The SMILES string of the molecule is C=c1cccc/c1=C1\c2ccccc2C=C(c2ccc(C(C)=NCC3(C)C=CC=CC3)cc2)N1C. The number of rotatable bonds is 4. The van der Waals surface area contributed by atoms with Crippen LogP contribution in [0.2, 0.25) is 0 Å². The van der Waals surface area contributed by atoms with Crippen LogP contribution in [-0.2, 0) is 0 Å². The summed E-state index contributed by atoms with van der Waals surface area (Å²) < 4.78 is 0. The zero-order chi connectivity index (χ0) is 24.4. The fraction of sp³-hybridized carbons (Fsp3) is 0.182. The van der Waals surface area contributed by atoms with Crippen molar-refractivity contribution in [1.29, 1.82) is 0 Å². The summed E-state index contributed by atoms with van der Waals surface area (Å²) in [5, 5.41) is 2.19. The summed E-state index contributed by atoms with van der Waals surface area (Å²) in [5.41, 5.74) is 8.36. The van der Waals surface area contributed by atoms with Gasteiger partial charge in [-0.05, 0) is 41.3 Å². The van der Waals surface area contributed by atoms with Crippen LogP contribution in [0.5, 0.6) is 0 Å². The summed E-state index contributed by atoms with van der Waals surface area (Å²) in [7, 11) is 2.15. The fourth-order valence-electron chi connectivity index (χ4n) is 4.90. The van der Waals surface area contributed by atoms with Crippen molar-refractivity contribution in [2.75, 3.05) is 13.6 Å². The van der Waals surface area contributed by atoms with Gasteiger partial charge in [-0.25, -0.2) is 0 Å². The van der Waals surface area contributed by atoms with Gasteiger partial charge in [0, 0.05) is 41.2 Å². The second-order valence-corrected chi connectivity index (χ2v) is 9.81. The predicted molar refractivity (Wildman–Crippen MR) is 150 cm³/mol. The van der Waals surface area contributed by atoms with Gasteiger partial charge in [0.1, 0.15) is 0 Å². The van der Waals surface area contributed by atoms with Crippen molar-refractivity contribution in [3.05, 3.63) is 130 Å². The lowest BCUT2D eigenvalue weighted by Crippen LogP contribution is -2.33. The Bertz CT molecular complexity index is 1480. The maximum absolute atomic E-state index is 4.93. The summed E-state index contributed by atoms with van der Waals surface area (Å²) in [6.07, 6.45) is 12.1. The highest BCUT2D eigenvalue weighted by Gasteiger charge is 2.23. The van der Waals surface area contributed by atoms with Gasteiger partial charge in [-0.2, -0.15) is 0 Å². The minimum Gasteiger partial charge on any atom is -0.343 e. The molecule has 5 rings (SSSR count). The van der Waals surface area contributed by atoms with E-state index in [1.807, 2.05) is 6.07 Å². The van der Waals surface area contributed by atoms with Crippen LogP contribution < -0.4 is 10.4 Å². The zero-order valence-corrected chi connectivity index (χ0v) is 20.8. The molecule has 0 bridgehead atoms. The maximum atomic E-state index is 4.93. The summed E-state index contributed by atoms with van der Waals surface area (Å²) in [6, 6.07) is 25.8. The first-order valence-corrected chi connectivity index (χ1v) is 12.2. The van der Waals surface area contributed by atoms with Gasteiger partial charge in [0.2, 0.25) is 0 Å². The monoisotopic (exact) mass is 456 g/mol. The van der Waals surface area contributed by atoms with Gasteiger partial charge in [0.05, 0.1) is 5.70 Å². The summed E-state index contributed by atoms with van der Waals surface area (Å²) in [5.74, 6) is 0. The predicted octanol–water partition coefficient (Wildman–Crippen LogP) is 6.03. The van der Waals surface area contributed by atoms with Crippen LogP contribution >= 0.6 is 0 Å². The second-order valence-electron chi connectivity index (χ2n) is 9.81. The van der Waals surface area contributed by atoms with Crippen LogP contribution in [0.1, 0.15) is 42.5 Å². The van der Waals surface area contributed by atoms with Crippen LogP contribution in [0.3, 0.4) is 0 Å². The average molecular weight is 457 g/mol. The van der Waals surface area contributed by atoms with Gasteiger partial charge < -0.3 is 4.90 Å². The van der Waals surface area contributed by atoms with E-state index in [2.05, 4.69) is 129 Å². The number of hydrogen-bond donors (Lipinski definition) is 0. The van der Waals surface area contributed by atoms with E-state index >= 15 is 0 Å². The normalized spacial score (nSPS) is 21.1. The van der Waals surface area contributed by atoms with Crippen LogP contribution in [0.15, 0.2) is 102 Å². The molecule has 0 spiro atoms. The van der Waals surface area contributed by atoms with Gasteiger partial charge in [-0.15, -0.1) is 0 Å². The molecule has 1 atom stereocenters. The molecule has 1 unspecified atom stereocenters. The minimum atomic E-state index is 0.107. The second kappa shape index (κ2) is 9.38. The first-order valence-electron chi connectivity index (χ1n) is 12.2. The molecule has 0 N–H and O–H groups in total. The molecule has 3 aromatic rings. The van der Waals surface area contributed by atoms with Crippen molar-refractivity contribution in [3.63, 3.8) is 0 Å². The molecule has 35 heavy (non-hydrogen) atoms. The van der Waals surface area contributed by atoms with E-state index in [4.69, 9.17) is 4.99 Å². The smallest absolute Gasteiger partial charge is 0.0567 e. The van der Waals surface area contributed by atoms with Crippen LogP contribution in [0.4, 0.5) is 0 Å². The van der Waals surface area contributed by atoms with Gasteiger partial charge in [-0.1, -0.05) is 111 Å². The van der Waals surface area contributed by atoms with Gasteiger partial charge in [-0.3, -0.25) is 4.99 Å². The van der Waals surface area contributed by atoms with Crippen molar-refractivity contribution >= 4 is 29.8 Å². The third-order valence-corrected chi connectivity index (χ3v) is 7.08. The lowest BCUT2D eigenvalue weighted by Gasteiger charge is -2.31. The molecule has 0 aromatic heterocycles. The van der Waals surface area contributed by atoms with Gasteiger partial charge in [0.25, 0.3) is 0 Å². The first kappa shape index (κ1) is 22.9. The molecule has 1 aliphatic carbocycles. The molecule has 3 aromatic carbocycles. The van der Waals surface area contributed by atoms with Crippen LogP contribution in [-0.4, -0.2) is 24.2 Å². The highest BCUT2D eigenvalue weighted by molar-refractivity contribution is 5.99. The number of hydrogen-bond acceptors (Lipinski definition) is 2. The lowest BCUT2D eigenvalue weighted by molar-refractivity contribution is 0.445. The van der Waals surface area contributed by atoms with E-state index < -0.39 is 0 Å². The van der Waals surface area contributed by atoms with E-state index in [0.717, 1.165) is 29.1 Å². The Balaban J connectivity index is 1.49. The van der Waals surface area contributed by atoms with E-state index in [1.165, 1.54) is 33.6 Å². The molecule has 1 aliphatic heterocycles. The third-order valence-electron chi connectivity index (χ3n) is 7.08. The minimum absolute atomic E-state index is 0.107. The van der Waals surface area contributed by atoms with E-state index in [1.54, 1.807) is 0 Å². The largest absolute Gasteiger partial charge is 0.343 e. The molecular formula is C33H32N2. The standard InChI is InChI=1S/C33H32N2/c1-24-12-6-8-14-29(24)32-30-15-9-7-13-28(30)22-31(35(32)4)27-18-16-26(17-19-27)25(2)34-23-33(3)20-10-5-11-21-33/h5-20,22H,1,21,23H2,2-4H3/b32-29-,34-25?. The van der Waals surface area contributed by atoms with Gasteiger partial charge in [0.15, 0.2) is 0 Å². The van der Waals surface area contributed by atoms with E-state index in [0.29, 0.717) is 0 Å². The molecule has 2 heteroatoms. The molecule has 2 nitrogen and oxygen atoms in total. The lowest BCUT2D eigenvalue weighted by atomic mass is 9.84. The summed E-state index contributed by atoms with van der Waals surface area (Å²) >= 11 is 0. The Morgan fingerprint density at radius 2 is 1.71 bits per heavy atom. The Labute approximate surface area is 208 Å². The highest BCUT2D eigenvalue weighted by Crippen LogP contribution is 2.35. The number of aliphatic imine (C=N–C) groups is 1. The van der Waals surface area contributed by atoms with E-state index in [9.17, 15) is 0 Å².